The zero-order valence-corrected chi connectivity index (χ0v) is 12.4. The lowest BCUT2D eigenvalue weighted by Gasteiger charge is -2.24. The van der Waals surface area contributed by atoms with E-state index in [1.54, 1.807) is 12.1 Å². The van der Waals surface area contributed by atoms with Crippen LogP contribution in [0, 0.1) is 0 Å². The Bertz CT molecular complexity index is 705. The van der Waals surface area contributed by atoms with Gasteiger partial charge in [0.2, 0.25) is 0 Å². The van der Waals surface area contributed by atoms with E-state index in [2.05, 4.69) is 10.2 Å². The highest BCUT2D eigenvalue weighted by molar-refractivity contribution is 5.94. The van der Waals surface area contributed by atoms with Crippen LogP contribution in [0.25, 0.3) is 0 Å². The fraction of sp³-hybridized carbons (Fsp3) is 0.412. The molecule has 1 fully saturated rings. The van der Waals surface area contributed by atoms with Gasteiger partial charge in [0.25, 0.3) is 5.91 Å². The highest BCUT2D eigenvalue weighted by Crippen LogP contribution is 2.34. The van der Waals surface area contributed by atoms with Crippen molar-refractivity contribution in [2.24, 2.45) is 0 Å². The molecule has 0 unspecified atom stereocenters. The van der Waals surface area contributed by atoms with E-state index in [9.17, 15) is 9.90 Å². The predicted molar refractivity (Wildman–Crippen MR) is 81.7 cm³/mol. The number of likely N-dealkylation sites (tertiary alicyclic amines) is 1. The van der Waals surface area contributed by atoms with Crippen molar-refractivity contribution in [3.8, 4) is 5.75 Å². The van der Waals surface area contributed by atoms with Gasteiger partial charge in [-0.1, -0.05) is 12.1 Å². The lowest BCUT2D eigenvalue weighted by Crippen LogP contribution is -2.31. The summed E-state index contributed by atoms with van der Waals surface area (Å²) in [4.78, 5) is 14.8. The second-order valence-electron chi connectivity index (χ2n) is 6.13. The van der Waals surface area contributed by atoms with Crippen LogP contribution in [0.4, 0.5) is 0 Å². The molecular formula is C17H19N3O2. The Labute approximate surface area is 129 Å². The molecular weight excluding hydrogens is 278 g/mol. The summed E-state index contributed by atoms with van der Waals surface area (Å²) in [6, 6.07) is 7.26. The third-order valence-electron chi connectivity index (χ3n) is 4.80. The second-order valence-corrected chi connectivity index (χ2v) is 6.13. The summed E-state index contributed by atoms with van der Waals surface area (Å²) in [5.41, 5.74) is 3.93. The fourth-order valence-electron chi connectivity index (χ4n) is 3.69. The van der Waals surface area contributed by atoms with Gasteiger partial charge in [-0.25, -0.2) is 0 Å². The van der Waals surface area contributed by atoms with E-state index >= 15 is 0 Å². The molecule has 1 aromatic heterocycles. The van der Waals surface area contributed by atoms with Crippen LogP contribution in [0.15, 0.2) is 24.3 Å². The van der Waals surface area contributed by atoms with Gasteiger partial charge in [0.15, 0.2) is 5.69 Å². The van der Waals surface area contributed by atoms with Crippen molar-refractivity contribution in [3.05, 3.63) is 46.8 Å². The lowest BCUT2D eigenvalue weighted by atomic mass is 10.0. The number of benzene rings is 1. The van der Waals surface area contributed by atoms with Crippen molar-refractivity contribution in [2.75, 3.05) is 6.54 Å². The average Bonchev–Trinajstić information content (AvgIpc) is 3.23. The Kier molecular flexibility index (Phi) is 3.13. The van der Waals surface area contributed by atoms with E-state index in [0.29, 0.717) is 5.69 Å². The van der Waals surface area contributed by atoms with Gasteiger partial charge in [0, 0.05) is 17.8 Å². The predicted octanol–water partition coefficient (Wildman–Crippen LogP) is 2.58. The second kappa shape index (κ2) is 5.16. The number of phenols is 1. The van der Waals surface area contributed by atoms with Gasteiger partial charge in [0.05, 0.1) is 6.04 Å². The van der Waals surface area contributed by atoms with Crippen LogP contribution < -0.4 is 0 Å². The average molecular weight is 297 g/mol. The first kappa shape index (κ1) is 13.4. The molecule has 0 radical (unpaired) electrons. The number of rotatable bonds is 2. The van der Waals surface area contributed by atoms with Crippen LogP contribution in [0.1, 0.15) is 52.6 Å². The Morgan fingerprint density at radius 2 is 2.05 bits per heavy atom. The number of hydrogen-bond donors (Lipinski definition) is 2. The maximum absolute atomic E-state index is 12.9. The molecule has 2 heterocycles. The lowest BCUT2D eigenvalue weighted by molar-refractivity contribution is 0.0728. The minimum Gasteiger partial charge on any atom is -0.508 e. The number of carbonyl (C=O) groups excluding carboxylic acids is 1. The van der Waals surface area contributed by atoms with Crippen molar-refractivity contribution in [2.45, 2.75) is 38.1 Å². The van der Waals surface area contributed by atoms with Gasteiger partial charge in [-0.2, -0.15) is 5.10 Å². The molecule has 0 saturated carbocycles. The number of aromatic hydroxyl groups is 1. The molecule has 1 atom stereocenters. The van der Waals surface area contributed by atoms with Gasteiger partial charge in [-0.15, -0.1) is 0 Å². The van der Waals surface area contributed by atoms with Crippen LogP contribution in [-0.2, 0) is 12.8 Å². The first-order valence-corrected chi connectivity index (χ1v) is 7.90. The Morgan fingerprint density at radius 3 is 2.86 bits per heavy atom. The number of H-pyrrole nitrogens is 1. The molecule has 1 aliphatic heterocycles. The SMILES string of the molecule is O=C(c1n[nH]c2c1CCC2)N1CCC[C@@H]1c1ccc(O)cc1. The van der Waals surface area contributed by atoms with E-state index in [-0.39, 0.29) is 17.7 Å². The van der Waals surface area contributed by atoms with Gasteiger partial charge < -0.3 is 10.0 Å². The normalized spacial score (nSPS) is 20.4. The third kappa shape index (κ3) is 2.08. The summed E-state index contributed by atoms with van der Waals surface area (Å²) in [7, 11) is 0. The summed E-state index contributed by atoms with van der Waals surface area (Å²) in [6.45, 7) is 0.770. The number of aromatic nitrogens is 2. The van der Waals surface area contributed by atoms with Gasteiger partial charge in [-0.05, 0) is 49.8 Å². The summed E-state index contributed by atoms with van der Waals surface area (Å²) in [6.07, 6.45) is 5.01. The molecule has 2 N–H and O–H groups in total. The van der Waals surface area contributed by atoms with Gasteiger partial charge >= 0.3 is 0 Å². The Balaban J connectivity index is 1.63. The van der Waals surface area contributed by atoms with Gasteiger partial charge in [-0.3, -0.25) is 9.89 Å². The van der Waals surface area contributed by atoms with E-state index in [4.69, 9.17) is 0 Å². The minimum absolute atomic E-state index is 0.0370. The molecule has 1 amide bonds. The fourth-order valence-corrected chi connectivity index (χ4v) is 3.69. The first-order chi connectivity index (χ1) is 10.7. The van der Waals surface area contributed by atoms with E-state index in [1.165, 1.54) is 0 Å². The summed E-state index contributed by atoms with van der Waals surface area (Å²) in [5, 5.41) is 16.7. The van der Waals surface area contributed by atoms with E-state index < -0.39 is 0 Å². The molecule has 2 aromatic rings. The highest BCUT2D eigenvalue weighted by atomic mass is 16.3. The molecule has 0 bridgehead atoms. The van der Waals surface area contributed by atoms with Crippen LogP contribution >= 0.6 is 0 Å². The molecule has 1 aromatic carbocycles. The Morgan fingerprint density at radius 1 is 1.23 bits per heavy atom. The number of phenolic OH excluding ortho intramolecular Hbond substituents is 1. The van der Waals surface area contributed by atoms with Crippen LogP contribution in [0.3, 0.4) is 0 Å². The number of nitrogens with one attached hydrogen (secondary N) is 1. The summed E-state index contributed by atoms with van der Waals surface area (Å²) >= 11 is 0. The van der Waals surface area contributed by atoms with Gasteiger partial charge in [0.1, 0.15) is 5.75 Å². The number of carbonyl (C=O) groups is 1. The number of amides is 1. The monoisotopic (exact) mass is 297 g/mol. The number of aromatic amines is 1. The highest BCUT2D eigenvalue weighted by Gasteiger charge is 2.34. The van der Waals surface area contributed by atoms with Crippen molar-refractivity contribution in [1.29, 1.82) is 0 Å². The van der Waals surface area contributed by atoms with Crippen molar-refractivity contribution in [3.63, 3.8) is 0 Å². The standard InChI is InChI=1S/C17H19N3O2/c21-12-8-6-11(7-9-12)15-5-2-10-20(15)17(22)16-13-3-1-4-14(13)18-19-16/h6-9,15,21H,1-5,10H2,(H,18,19)/t15-/m1/s1. The van der Waals surface area contributed by atoms with Crippen LogP contribution in [0.2, 0.25) is 0 Å². The van der Waals surface area contributed by atoms with E-state index in [0.717, 1.165) is 55.5 Å². The summed E-state index contributed by atoms with van der Waals surface area (Å²) < 4.78 is 0. The van der Waals surface area contributed by atoms with Crippen molar-refractivity contribution >= 4 is 5.91 Å². The number of fused-ring (bicyclic) bond motifs is 1. The minimum atomic E-state index is 0.0370. The van der Waals surface area contributed by atoms with Crippen molar-refractivity contribution in [1.82, 2.24) is 15.1 Å². The van der Waals surface area contributed by atoms with Crippen molar-refractivity contribution < 1.29 is 9.90 Å². The van der Waals surface area contributed by atoms with Crippen LogP contribution in [-0.4, -0.2) is 32.7 Å². The molecule has 114 valence electrons. The Hall–Kier alpha value is -2.30. The molecule has 22 heavy (non-hydrogen) atoms. The molecule has 2 aliphatic rings. The molecule has 4 rings (SSSR count). The maximum atomic E-state index is 12.9. The van der Waals surface area contributed by atoms with E-state index in [1.807, 2.05) is 17.0 Å². The van der Waals surface area contributed by atoms with Crippen LogP contribution in [0.5, 0.6) is 5.75 Å². The molecule has 5 nitrogen and oxygen atoms in total. The first-order valence-electron chi connectivity index (χ1n) is 7.90. The maximum Gasteiger partial charge on any atom is 0.275 e. The largest absolute Gasteiger partial charge is 0.508 e. The summed E-state index contributed by atoms with van der Waals surface area (Å²) in [5.74, 6) is 0.291. The number of nitrogens with zero attached hydrogens (tertiary/aromatic N) is 2. The smallest absolute Gasteiger partial charge is 0.275 e. The zero-order valence-electron chi connectivity index (χ0n) is 12.4. The topological polar surface area (TPSA) is 69.2 Å². The zero-order chi connectivity index (χ0) is 15.1. The molecule has 1 aliphatic carbocycles. The number of hydrogen-bond acceptors (Lipinski definition) is 3. The number of aryl methyl sites for hydroxylation is 1. The molecule has 1 saturated heterocycles. The third-order valence-corrected chi connectivity index (χ3v) is 4.80. The molecule has 0 spiro atoms. The quantitative estimate of drug-likeness (QED) is 0.895. The molecule has 5 heteroatoms.